The van der Waals surface area contributed by atoms with Gasteiger partial charge in [0, 0.05) is 11.1 Å². The summed E-state index contributed by atoms with van der Waals surface area (Å²) in [6, 6.07) is 0. The summed E-state index contributed by atoms with van der Waals surface area (Å²) in [6.45, 7) is 6.77. The maximum absolute atomic E-state index is 11.6. The Hall–Kier alpha value is -1.38. The fourth-order valence-corrected chi connectivity index (χ4v) is 2.69. The first kappa shape index (κ1) is 13.1. The molecule has 3 nitrogen and oxygen atoms in total. The minimum absolute atomic E-state index is 0.148. The van der Waals surface area contributed by atoms with E-state index in [1.165, 1.54) is 5.57 Å². The standard InChI is InChI=1S/C15H20O3/c1-10(11-4-5-15(2,3)7-11)6-13-12(8-16)9-18-14(13)17/h4,8,10H,5-7,9H2,1-3H3. The summed E-state index contributed by atoms with van der Waals surface area (Å²) in [5, 5.41) is 0. The number of carbonyl (C=O) groups is 2. The predicted octanol–water partition coefficient (Wildman–Crippen LogP) is 2.81. The SMILES string of the molecule is CC(CC1=C(C=O)COC1=O)C1=CCC(C)(C)C1. The van der Waals surface area contributed by atoms with Gasteiger partial charge in [-0.2, -0.15) is 0 Å². The molecule has 98 valence electrons. The van der Waals surface area contributed by atoms with Gasteiger partial charge in [0.05, 0.1) is 0 Å². The highest BCUT2D eigenvalue weighted by molar-refractivity contribution is 5.98. The molecule has 0 saturated heterocycles. The number of rotatable bonds is 4. The van der Waals surface area contributed by atoms with Crippen molar-refractivity contribution in [3.8, 4) is 0 Å². The lowest BCUT2D eigenvalue weighted by Crippen LogP contribution is -2.10. The van der Waals surface area contributed by atoms with Crippen LogP contribution in [0, 0.1) is 11.3 Å². The normalized spacial score (nSPS) is 23.9. The smallest absolute Gasteiger partial charge is 0.334 e. The van der Waals surface area contributed by atoms with E-state index in [0.717, 1.165) is 19.1 Å². The average Bonchev–Trinajstić information content (AvgIpc) is 2.83. The van der Waals surface area contributed by atoms with Crippen LogP contribution in [0.1, 0.15) is 40.0 Å². The lowest BCUT2D eigenvalue weighted by molar-refractivity contribution is -0.136. The van der Waals surface area contributed by atoms with E-state index in [1.807, 2.05) is 0 Å². The summed E-state index contributed by atoms with van der Waals surface area (Å²) >= 11 is 0. The highest BCUT2D eigenvalue weighted by Crippen LogP contribution is 2.41. The number of hydrogen-bond acceptors (Lipinski definition) is 3. The van der Waals surface area contributed by atoms with E-state index in [9.17, 15) is 9.59 Å². The number of ether oxygens (including phenoxy) is 1. The zero-order chi connectivity index (χ0) is 13.3. The maximum atomic E-state index is 11.6. The number of aldehydes is 1. The molecule has 0 aromatic rings. The molecule has 0 aromatic heterocycles. The molecule has 1 atom stereocenters. The summed E-state index contributed by atoms with van der Waals surface area (Å²) in [5.41, 5.74) is 2.83. The first-order valence-corrected chi connectivity index (χ1v) is 6.46. The zero-order valence-corrected chi connectivity index (χ0v) is 11.3. The first-order valence-electron chi connectivity index (χ1n) is 6.46. The molecule has 1 unspecified atom stereocenters. The summed E-state index contributed by atoms with van der Waals surface area (Å²) in [5.74, 6) is -0.0100. The quantitative estimate of drug-likeness (QED) is 0.436. The average molecular weight is 248 g/mol. The van der Waals surface area contributed by atoms with Crippen molar-refractivity contribution in [2.75, 3.05) is 6.61 Å². The van der Waals surface area contributed by atoms with Crippen LogP contribution in [0.3, 0.4) is 0 Å². The maximum Gasteiger partial charge on any atom is 0.334 e. The molecule has 0 bridgehead atoms. The van der Waals surface area contributed by atoms with Crippen molar-refractivity contribution in [3.05, 3.63) is 22.8 Å². The molecule has 1 aliphatic heterocycles. The van der Waals surface area contributed by atoms with Gasteiger partial charge in [0.1, 0.15) is 12.9 Å². The summed E-state index contributed by atoms with van der Waals surface area (Å²) in [7, 11) is 0. The van der Waals surface area contributed by atoms with Gasteiger partial charge in [0.15, 0.2) is 0 Å². The van der Waals surface area contributed by atoms with E-state index in [1.54, 1.807) is 0 Å². The number of allylic oxidation sites excluding steroid dienone is 2. The van der Waals surface area contributed by atoms with Gasteiger partial charge >= 0.3 is 5.97 Å². The molecule has 2 rings (SSSR count). The fraction of sp³-hybridized carbons (Fsp3) is 0.600. The largest absolute Gasteiger partial charge is 0.457 e. The second kappa shape index (κ2) is 4.71. The monoisotopic (exact) mass is 248 g/mol. The van der Waals surface area contributed by atoms with Gasteiger partial charge in [-0.3, -0.25) is 4.79 Å². The summed E-state index contributed by atoms with van der Waals surface area (Å²) < 4.78 is 4.91. The van der Waals surface area contributed by atoms with Crippen LogP contribution in [-0.4, -0.2) is 18.9 Å². The van der Waals surface area contributed by atoms with E-state index >= 15 is 0 Å². The molecule has 0 aromatic carbocycles. The first-order chi connectivity index (χ1) is 8.43. The van der Waals surface area contributed by atoms with Crippen molar-refractivity contribution in [1.29, 1.82) is 0 Å². The lowest BCUT2D eigenvalue weighted by Gasteiger charge is -2.20. The number of carbonyl (C=O) groups excluding carboxylic acids is 2. The van der Waals surface area contributed by atoms with Crippen LogP contribution in [0.5, 0.6) is 0 Å². The third-order valence-corrected chi connectivity index (χ3v) is 3.88. The number of esters is 1. The van der Waals surface area contributed by atoms with Crippen LogP contribution >= 0.6 is 0 Å². The van der Waals surface area contributed by atoms with E-state index in [-0.39, 0.29) is 12.6 Å². The van der Waals surface area contributed by atoms with Crippen molar-refractivity contribution < 1.29 is 14.3 Å². The molecular formula is C15H20O3. The molecule has 1 heterocycles. The second-order valence-corrected chi connectivity index (χ2v) is 6.13. The Morgan fingerprint density at radius 3 is 2.78 bits per heavy atom. The van der Waals surface area contributed by atoms with Crippen molar-refractivity contribution in [2.45, 2.75) is 40.0 Å². The number of hydrogen-bond donors (Lipinski definition) is 0. The van der Waals surface area contributed by atoms with E-state index in [2.05, 4.69) is 26.8 Å². The van der Waals surface area contributed by atoms with Gasteiger partial charge in [0.25, 0.3) is 0 Å². The minimum atomic E-state index is -0.318. The van der Waals surface area contributed by atoms with Gasteiger partial charge in [-0.25, -0.2) is 4.79 Å². The lowest BCUT2D eigenvalue weighted by atomic mass is 9.85. The predicted molar refractivity (Wildman–Crippen MR) is 68.9 cm³/mol. The van der Waals surface area contributed by atoms with E-state index in [0.29, 0.717) is 28.9 Å². The number of cyclic esters (lactones) is 1. The molecule has 0 spiro atoms. The van der Waals surface area contributed by atoms with Crippen molar-refractivity contribution in [3.63, 3.8) is 0 Å². The molecule has 2 aliphatic rings. The Kier molecular flexibility index (Phi) is 3.42. The summed E-state index contributed by atoms with van der Waals surface area (Å²) in [6.07, 6.45) is 5.82. The van der Waals surface area contributed by atoms with Crippen LogP contribution in [0.15, 0.2) is 22.8 Å². The molecule has 1 aliphatic carbocycles. The van der Waals surface area contributed by atoms with Crippen LogP contribution in [0.4, 0.5) is 0 Å². The molecule has 0 saturated carbocycles. The Morgan fingerprint density at radius 1 is 1.50 bits per heavy atom. The molecule has 18 heavy (non-hydrogen) atoms. The van der Waals surface area contributed by atoms with Gasteiger partial charge < -0.3 is 4.74 Å². The summed E-state index contributed by atoms with van der Waals surface area (Å²) in [4.78, 5) is 22.4. The van der Waals surface area contributed by atoms with Gasteiger partial charge in [-0.05, 0) is 30.6 Å². The van der Waals surface area contributed by atoms with Crippen LogP contribution in [0.2, 0.25) is 0 Å². The molecule has 0 fully saturated rings. The Bertz CT molecular complexity index is 441. The molecule has 0 N–H and O–H groups in total. The topological polar surface area (TPSA) is 43.4 Å². The third kappa shape index (κ3) is 2.55. The fourth-order valence-electron chi connectivity index (χ4n) is 2.69. The Morgan fingerprint density at radius 2 is 2.22 bits per heavy atom. The van der Waals surface area contributed by atoms with Crippen molar-refractivity contribution in [2.24, 2.45) is 11.3 Å². The van der Waals surface area contributed by atoms with Gasteiger partial charge in [0.2, 0.25) is 0 Å². The Labute approximate surface area is 108 Å². The van der Waals surface area contributed by atoms with Crippen LogP contribution < -0.4 is 0 Å². The molecule has 3 heteroatoms. The molecular weight excluding hydrogens is 228 g/mol. The van der Waals surface area contributed by atoms with E-state index in [4.69, 9.17) is 4.74 Å². The van der Waals surface area contributed by atoms with Gasteiger partial charge in [-0.15, -0.1) is 0 Å². The van der Waals surface area contributed by atoms with Crippen LogP contribution in [-0.2, 0) is 14.3 Å². The highest BCUT2D eigenvalue weighted by atomic mass is 16.5. The van der Waals surface area contributed by atoms with Crippen molar-refractivity contribution in [1.82, 2.24) is 0 Å². The minimum Gasteiger partial charge on any atom is -0.457 e. The van der Waals surface area contributed by atoms with E-state index < -0.39 is 0 Å². The molecule has 0 radical (unpaired) electrons. The van der Waals surface area contributed by atoms with Crippen LogP contribution in [0.25, 0.3) is 0 Å². The van der Waals surface area contributed by atoms with Crippen molar-refractivity contribution >= 4 is 12.3 Å². The molecule has 0 amide bonds. The zero-order valence-electron chi connectivity index (χ0n) is 11.3. The van der Waals surface area contributed by atoms with Gasteiger partial charge in [-0.1, -0.05) is 32.4 Å². The Balaban J connectivity index is 2.06. The second-order valence-electron chi connectivity index (χ2n) is 6.13. The third-order valence-electron chi connectivity index (χ3n) is 3.88. The highest BCUT2D eigenvalue weighted by Gasteiger charge is 2.30.